The molecule has 3 aliphatic heterocycles. The molecule has 8 rings (SSSR count). The lowest BCUT2D eigenvalue weighted by molar-refractivity contribution is -0.164. The van der Waals surface area contributed by atoms with Gasteiger partial charge in [0.25, 0.3) is 11.8 Å². The number of carbonyl (C=O) groups is 2. The number of aromatic hydroxyl groups is 1. The van der Waals surface area contributed by atoms with E-state index >= 15 is 0 Å². The monoisotopic (exact) mass is 810 g/mol. The topological polar surface area (TPSA) is 121 Å². The minimum Gasteiger partial charge on any atom is -0.508 e. The molecule has 2 aromatic heterocycles. The first kappa shape index (κ1) is 39.8. The third-order valence-corrected chi connectivity index (χ3v) is 10.7. The van der Waals surface area contributed by atoms with Crippen molar-refractivity contribution < 1.29 is 28.9 Å². The number of piperazine rings is 2. The van der Waals surface area contributed by atoms with Crippen LogP contribution in [0.25, 0.3) is 0 Å². The van der Waals surface area contributed by atoms with E-state index in [0.717, 1.165) is 48.9 Å². The fourth-order valence-electron chi connectivity index (χ4n) is 7.01. The summed E-state index contributed by atoms with van der Waals surface area (Å²) in [4.78, 5) is 41.1. The number of benzene rings is 3. The maximum atomic E-state index is 12.7. The number of halogens is 2. The smallest absolute Gasteiger partial charge is 0.254 e. The van der Waals surface area contributed by atoms with Gasteiger partial charge in [-0.3, -0.25) is 19.6 Å². The minimum atomic E-state index is -0.944. The number of hydrogen-bond acceptors (Lipinski definition) is 10. The van der Waals surface area contributed by atoms with Crippen LogP contribution in [0.5, 0.6) is 11.5 Å². The van der Waals surface area contributed by atoms with Crippen LogP contribution in [-0.2, 0) is 15.3 Å². The molecule has 0 unspecified atom stereocenters. The van der Waals surface area contributed by atoms with Gasteiger partial charge in [0.2, 0.25) is 0 Å². The molecule has 12 nitrogen and oxygen atoms in total. The second kappa shape index (κ2) is 18.2. The summed E-state index contributed by atoms with van der Waals surface area (Å²) in [5.41, 5.74) is 4.27. The van der Waals surface area contributed by atoms with E-state index in [9.17, 15) is 14.7 Å². The summed E-state index contributed by atoms with van der Waals surface area (Å²) >= 11 is 12.4. The molecule has 1 N–H and O–H groups in total. The summed E-state index contributed by atoms with van der Waals surface area (Å²) in [6.07, 6.45) is 6.34. The molecule has 3 saturated heterocycles. The Morgan fingerprint density at radius 2 is 1.21 bits per heavy atom. The van der Waals surface area contributed by atoms with Gasteiger partial charge >= 0.3 is 0 Å². The average molecular weight is 812 g/mol. The molecule has 2 amide bonds. The van der Waals surface area contributed by atoms with Crippen LogP contribution in [0.3, 0.4) is 0 Å². The third-order valence-electron chi connectivity index (χ3n) is 10.2. The molecule has 2 atom stereocenters. The van der Waals surface area contributed by atoms with Gasteiger partial charge in [0.05, 0.1) is 11.6 Å². The molecule has 3 fully saturated rings. The van der Waals surface area contributed by atoms with Crippen LogP contribution < -0.4 is 14.5 Å². The number of phenols is 1. The number of rotatable bonds is 8. The molecule has 0 saturated carbocycles. The molecule has 0 spiro atoms. The zero-order valence-electron chi connectivity index (χ0n) is 31.5. The number of ether oxygens (including phenoxy) is 3. The zero-order chi connectivity index (χ0) is 39.8. The Morgan fingerprint density at radius 3 is 1.70 bits per heavy atom. The molecule has 5 aromatic rings. The Bertz CT molecular complexity index is 2100. The number of hydrogen-bond donors (Lipinski definition) is 1. The van der Waals surface area contributed by atoms with Crippen LogP contribution in [0.2, 0.25) is 10.0 Å². The number of phenolic OH excluding ortho intramolecular Hbond substituents is 1. The van der Waals surface area contributed by atoms with Gasteiger partial charge in [-0.05, 0) is 91.9 Å². The van der Waals surface area contributed by atoms with Crippen molar-refractivity contribution in [1.29, 1.82) is 0 Å². The van der Waals surface area contributed by atoms with E-state index in [-0.39, 0.29) is 23.7 Å². The highest BCUT2D eigenvalue weighted by Crippen LogP contribution is 2.39. The van der Waals surface area contributed by atoms with E-state index in [1.807, 2.05) is 59.2 Å². The predicted octanol–water partition coefficient (Wildman–Crippen LogP) is 6.77. The van der Waals surface area contributed by atoms with E-state index in [4.69, 9.17) is 37.4 Å². The Kier molecular flexibility index (Phi) is 12.7. The zero-order valence-corrected chi connectivity index (χ0v) is 33.1. The van der Waals surface area contributed by atoms with Crippen LogP contribution in [0.1, 0.15) is 33.2 Å². The number of anilines is 2. The van der Waals surface area contributed by atoms with Crippen molar-refractivity contribution in [2.24, 2.45) is 0 Å². The SMILES string of the molecule is C[C@]1(c2ccc(Cl)cc2Cl)OC[C@@H](COc2ccc(N3CCN(C(=O)c4ccncc4)CC3)cc2)O1.O=C(c1ccncc1)N1CCN(c2ccc(O)cc2)CC1. The van der Waals surface area contributed by atoms with Crippen LogP contribution in [-0.4, -0.2) is 108 Å². The summed E-state index contributed by atoms with van der Waals surface area (Å²) in [7, 11) is 0. The van der Waals surface area contributed by atoms with Crippen LogP contribution in [0, 0.1) is 0 Å². The molecular formula is C43H44Cl2N6O6. The maximum Gasteiger partial charge on any atom is 0.254 e. The predicted molar refractivity (Wildman–Crippen MR) is 219 cm³/mol. The Labute approximate surface area is 342 Å². The van der Waals surface area contributed by atoms with Crippen molar-refractivity contribution in [2.45, 2.75) is 18.8 Å². The standard InChI is InChI=1S/C27H27Cl2N3O4.C16H17N3O2/c1-27(24-7-2-20(28)16-25(24)29)35-18-23(36-27)17-34-22-5-3-21(4-6-22)31-12-14-32(15-13-31)26(33)19-8-10-30-11-9-19;20-15-3-1-14(2-4-15)18-9-11-19(12-10-18)16(21)13-5-7-17-8-6-13/h2-11,16,23H,12-15,17-18H2,1H3;1-8,20H,9-12H2/t23-,27+;/m1./s1. The highest BCUT2D eigenvalue weighted by atomic mass is 35.5. The van der Waals surface area contributed by atoms with Gasteiger partial charge in [-0.15, -0.1) is 0 Å². The average Bonchev–Trinajstić information content (AvgIpc) is 3.65. The third kappa shape index (κ3) is 9.95. The highest BCUT2D eigenvalue weighted by Gasteiger charge is 2.40. The normalized spacial score (nSPS) is 19.5. The molecule has 0 radical (unpaired) electrons. The molecule has 14 heteroatoms. The molecule has 296 valence electrons. The van der Waals surface area contributed by atoms with Gasteiger partial charge in [0, 0.05) is 110 Å². The van der Waals surface area contributed by atoms with Gasteiger partial charge in [0.1, 0.15) is 24.2 Å². The van der Waals surface area contributed by atoms with Crippen molar-refractivity contribution >= 4 is 46.4 Å². The molecule has 3 aromatic carbocycles. The highest BCUT2D eigenvalue weighted by molar-refractivity contribution is 6.35. The van der Waals surface area contributed by atoms with E-state index in [1.165, 1.54) is 0 Å². The van der Waals surface area contributed by atoms with E-state index in [2.05, 4.69) is 19.8 Å². The fourth-order valence-corrected chi connectivity index (χ4v) is 7.59. The van der Waals surface area contributed by atoms with Crippen molar-refractivity contribution in [2.75, 3.05) is 75.4 Å². The second-order valence-electron chi connectivity index (χ2n) is 14.0. The first-order valence-corrected chi connectivity index (χ1v) is 19.6. The molecular weight excluding hydrogens is 767 g/mol. The summed E-state index contributed by atoms with van der Waals surface area (Å²) < 4.78 is 18.0. The molecule has 3 aliphatic rings. The van der Waals surface area contributed by atoms with E-state index < -0.39 is 5.79 Å². The number of carbonyl (C=O) groups excluding carboxylic acids is 2. The molecule has 0 aliphatic carbocycles. The van der Waals surface area contributed by atoms with Crippen molar-refractivity contribution in [3.63, 3.8) is 0 Å². The number of aromatic nitrogens is 2. The van der Waals surface area contributed by atoms with Gasteiger partial charge in [-0.25, -0.2) is 0 Å². The lowest BCUT2D eigenvalue weighted by atomic mass is 10.1. The maximum absolute atomic E-state index is 12.7. The number of amides is 2. The van der Waals surface area contributed by atoms with Crippen LogP contribution in [0.4, 0.5) is 11.4 Å². The Balaban J connectivity index is 0.000000200. The largest absolute Gasteiger partial charge is 0.508 e. The summed E-state index contributed by atoms with van der Waals surface area (Å²) in [5, 5.41) is 10.4. The summed E-state index contributed by atoms with van der Waals surface area (Å²) in [6.45, 7) is 8.48. The van der Waals surface area contributed by atoms with E-state index in [0.29, 0.717) is 60.6 Å². The summed E-state index contributed by atoms with van der Waals surface area (Å²) in [6, 6.07) is 27.4. The Hall–Kier alpha value is -5.40. The van der Waals surface area contributed by atoms with Gasteiger partial charge in [-0.1, -0.05) is 29.3 Å². The number of nitrogens with zero attached hydrogens (tertiary/aromatic N) is 6. The Morgan fingerprint density at radius 1 is 0.719 bits per heavy atom. The number of pyridine rings is 2. The van der Waals surface area contributed by atoms with Gasteiger partial charge in [0.15, 0.2) is 5.79 Å². The lowest BCUT2D eigenvalue weighted by Gasteiger charge is -2.36. The van der Waals surface area contributed by atoms with Gasteiger partial charge < -0.3 is 38.9 Å². The van der Waals surface area contributed by atoms with E-state index in [1.54, 1.807) is 73.3 Å². The minimum absolute atomic E-state index is 0.0494. The van der Waals surface area contributed by atoms with Crippen molar-refractivity contribution in [1.82, 2.24) is 19.8 Å². The second-order valence-corrected chi connectivity index (χ2v) is 14.8. The molecule has 57 heavy (non-hydrogen) atoms. The quantitative estimate of drug-likeness (QED) is 0.180. The van der Waals surface area contributed by atoms with Crippen LogP contribution in [0.15, 0.2) is 116 Å². The van der Waals surface area contributed by atoms with Gasteiger partial charge in [-0.2, -0.15) is 0 Å². The first-order valence-electron chi connectivity index (χ1n) is 18.8. The lowest BCUT2D eigenvalue weighted by Crippen LogP contribution is -2.48. The summed E-state index contributed by atoms with van der Waals surface area (Å²) in [5.74, 6) is 0.189. The fraction of sp³-hybridized carbons (Fsp3) is 0.302. The molecule has 5 heterocycles. The van der Waals surface area contributed by atoms with Crippen molar-refractivity contribution in [3.05, 3.63) is 143 Å². The molecule has 0 bridgehead atoms. The van der Waals surface area contributed by atoms with Crippen LogP contribution >= 0.6 is 23.2 Å². The first-order chi connectivity index (χ1) is 27.6. The van der Waals surface area contributed by atoms with Crippen molar-refractivity contribution in [3.8, 4) is 11.5 Å².